The lowest BCUT2D eigenvalue weighted by Crippen LogP contribution is -2.45. The van der Waals surface area contributed by atoms with Crippen LogP contribution in [0.3, 0.4) is 0 Å². The number of carbonyl (C=O) groups is 3. The highest BCUT2D eigenvalue weighted by Crippen LogP contribution is 2.16. The van der Waals surface area contributed by atoms with Crippen molar-refractivity contribution in [3.63, 3.8) is 0 Å². The Kier molecular flexibility index (Phi) is 6.32. The first-order chi connectivity index (χ1) is 12.4. The summed E-state index contributed by atoms with van der Waals surface area (Å²) in [6.07, 6.45) is 0.224. The lowest BCUT2D eigenvalue weighted by atomic mass is 10.0. The number of carbonyl (C=O) groups excluding carboxylic acids is 3. The normalized spacial score (nSPS) is 11.3. The second kappa shape index (κ2) is 8.66. The number of nitrogens with two attached hydrogens (primary N) is 1. The van der Waals surface area contributed by atoms with Crippen LogP contribution in [0.2, 0.25) is 0 Å². The lowest BCUT2D eigenvalue weighted by Gasteiger charge is -2.16. The number of methoxy groups -OCH3 is 1. The zero-order chi connectivity index (χ0) is 19.1. The Hall–Kier alpha value is -3.35. The van der Waals surface area contributed by atoms with E-state index in [9.17, 15) is 14.4 Å². The Balaban J connectivity index is 2.12. The van der Waals surface area contributed by atoms with E-state index < -0.39 is 23.8 Å². The molecule has 0 unspecified atom stereocenters. The van der Waals surface area contributed by atoms with Gasteiger partial charge in [0.25, 0.3) is 5.91 Å². The van der Waals surface area contributed by atoms with Crippen molar-refractivity contribution in [2.45, 2.75) is 19.4 Å². The smallest absolute Gasteiger partial charge is 0.308 e. The molecule has 0 fully saturated rings. The molecule has 2 rings (SSSR count). The van der Waals surface area contributed by atoms with E-state index in [1.807, 2.05) is 6.07 Å². The number of rotatable bonds is 7. The van der Waals surface area contributed by atoms with Crippen LogP contribution < -0.4 is 20.5 Å². The zero-order valence-corrected chi connectivity index (χ0v) is 14.5. The van der Waals surface area contributed by atoms with E-state index in [2.05, 4.69) is 5.32 Å². The van der Waals surface area contributed by atoms with Crippen molar-refractivity contribution >= 4 is 17.8 Å². The van der Waals surface area contributed by atoms with Crippen LogP contribution in [0.1, 0.15) is 22.8 Å². The van der Waals surface area contributed by atoms with Gasteiger partial charge in [-0.25, -0.2) is 0 Å². The summed E-state index contributed by atoms with van der Waals surface area (Å²) >= 11 is 0. The van der Waals surface area contributed by atoms with E-state index in [1.54, 1.807) is 43.5 Å². The third-order valence-corrected chi connectivity index (χ3v) is 3.58. The van der Waals surface area contributed by atoms with E-state index >= 15 is 0 Å². The van der Waals surface area contributed by atoms with E-state index in [0.717, 1.165) is 5.56 Å². The maximum atomic E-state index is 12.4. The van der Waals surface area contributed by atoms with Crippen molar-refractivity contribution < 1.29 is 23.9 Å². The largest absolute Gasteiger partial charge is 0.497 e. The highest BCUT2D eigenvalue weighted by molar-refractivity contribution is 5.97. The standard InChI is InChI=1S/C19H20N2O5/c1-12(22)26-16-8-4-6-14(11-16)19(24)21-17(18(20)23)10-13-5-3-7-15(9-13)25-2/h3-9,11,17H,10H2,1-2H3,(H2,20,23)(H,21,24)/t17-/m0/s1. The fourth-order valence-electron chi connectivity index (χ4n) is 2.37. The first kappa shape index (κ1) is 19.0. The number of esters is 1. The summed E-state index contributed by atoms with van der Waals surface area (Å²) in [4.78, 5) is 35.2. The predicted molar refractivity (Wildman–Crippen MR) is 94.9 cm³/mol. The van der Waals surface area contributed by atoms with Gasteiger partial charge in [0, 0.05) is 18.9 Å². The lowest BCUT2D eigenvalue weighted by molar-refractivity contribution is -0.131. The van der Waals surface area contributed by atoms with Gasteiger partial charge < -0.3 is 20.5 Å². The van der Waals surface area contributed by atoms with Gasteiger partial charge in [0.05, 0.1) is 7.11 Å². The van der Waals surface area contributed by atoms with Crippen molar-refractivity contribution in [3.8, 4) is 11.5 Å². The van der Waals surface area contributed by atoms with Gasteiger partial charge in [-0.15, -0.1) is 0 Å². The molecule has 2 amide bonds. The molecule has 2 aromatic carbocycles. The van der Waals surface area contributed by atoms with Crippen molar-refractivity contribution in [1.29, 1.82) is 0 Å². The molecule has 0 spiro atoms. The molecule has 0 bridgehead atoms. The van der Waals surface area contributed by atoms with Crippen LogP contribution in [0, 0.1) is 0 Å². The van der Waals surface area contributed by atoms with E-state index in [0.29, 0.717) is 5.75 Å². The molecule has 0 aliphatic rings. The van der Waals surface area contributed by atoms with E-state index in [1.165, 1.54) is 13.0 Å². The van der Waals surface area contributed by atoms with Crippen LogP contribution >= 0.6 is 0 Å². The summed E-state index contributed by atoms with van der Waals surface area (Å²) in [6.45, 7) is 1.27. The van der Waals surface area contributed by atoms with Crippen molar-refractivity contribution in [2.24, 2.45) is 5.73 Å². The Morgan fingerprint density at radius 1 is 1.08 bits per heavy atom. The molecule has 7 heteroatoms. The molecule has 2 aromatic rings. The average molecular weight is 356 g/mol. The summed E-state index contributed by atoms with van der Waals surface area (Å²) < 4.78 is 10.1. The number of ether oxygens (including phenoxy) is 2. The van der Waals surface area contributed by atoms with Gasteiger partial charge in [0.15, 0.2) is 0 Å². The maximum Gasteiger partial charge on any atom is 0.308 e. The molecule has 26 heavy (non-hydrogen) atoms. The van der Waals surface area contributed by atoms with Crippen LogP contribution in [0.15, 0.2) is 48.5 Å². The van der Waals surface area contributed by atoms with Gasteiger partial charge in [0.1, 0.15) is 17.5 Å². The van der Waals surface area contributed by atoms with E-state index in [4.69, 9.17) is 15.2 Å². The molecule has 0 aliphatic carbocycles. The summed E-state index contributed by atoms with van der Waals surface area (Å²) in [6, 6.07) is 12.3. The molecule has 1 atom stereocenters. The van der Waals surface area contributed by atoms with Crippen molar-refractivity contribution in [3.05, 3.63) is 59.7 Å². The molecular weight excluding hydrogens is 336 g/mol. The molecule has 7 nitrogen and oxygen atoms in total. The fourth-order valence-corrected chi connectivity index (χ4v) is 2.37. The quantitative estimate of drug-likeness (QED) is 0.577. The van der Waals surface area contributed by atoms with Gasteiger partial charge in [-0.1, -0.05) is 18.2 Å². The second-order valence-electron chi connectivity index (χ2n) is 5.61. The Bertz CT molecular complexity index is 819. The van der Waals surface area contributed by atoms with Gasteiger partial charge in [-0.05, 0) is 35.9 Å². The number of hydrogen-bond donors (Lipinski definition) is 2. The number of amides is 2. The number of nitrogens with one attached hydrogen (secondary N) is 1. The third kappa shape index (κ3) is 5.34. The number of benzene rings is 2. The highest BCUT2D eigenvalue weighted by Gasteiger charge is 2.20. The van der Waals surface area contributed by atoms with Crippen LogP contribution in [0.25, 0.3) is 0 Å². The first-order valence-corrected chi connectivity index (χ1v) is 7.90. The Morgan fingerprint density at radius 3 is 2.42 bits per heavy atom. The zero-order valence-electron chi connectivity index (χ0n) is 14.5. The van der Waals surface area contributed by atoms with Gasteiger partial charge in [-0.2, -0.15) is 0 Å². The third-order valence-electron chi connectivity index (χ3n) is 3.58. The van der Waals surface area contributed by atoms with Crippen molar-refractivity contribution in [1.82, 2.24) is 5.32 Å². The monoisotopic (exact) mass is 356 g/mol. The van der Waals surface area contributed by atoms with E-state index in [-0.39, 0.29) is 17.7 Å². The molecule has 0 saturated heterocycles. The summed E-state index contributed by atoms with van der Waals surface area (Å²) in [5.74, 6) is -0.752. The van der Waals surface area contributed by atoms with Gasteiger partial charge in [0.2, 0.25) is 5.91 Å². The Morgan fingerprint density at radius 2 is 1.77 bits per heavy atom. The molecular formula is C19H20N2O5. The molecule has 0 aromatic heterocycles. The Labute approximate surface area is 151 Å². The number of hydrogen-bond acceptors (Lipinski definition) is 5. The fraction of sp³-hybridized carbons (Fsp3) is 0.211. The average Bonchev–Trinajstić information content (AvgIpc) is 2.60. The van der Waals surface area contributed by atoms with Crippen LogP contribution in [0.4, 0.5) is 0 Å². The van der Waals surface area contributed by atoms with Crippen LogP contribution in [-0.4, -0.2) is 30.9 Å². The SMILES string of the molecule is COc1cccc(C[C@H](NC(=O)c2cccc(OC(C)=O)c2)C(N)=O)c1. The maximum absolute atomic E-state index is 12.4. The van der Waals surface area contributed by atoms with Gasteiger partial charge >= 0.3 is 5.97 Å². The van der Waals surface area contributed by atoms with Gasteiger partial charge in [-0.3, -0.25) is 14.4 Å². The predicted octanol–water partition coefficient (Wildman–Crippen LogP) is 1.45. The van der Waals surface area contributed by atoms with Crippen LogP contribution in [0.5, 0.6) is 11.5 Å². The molecule has 0 heterocycles. The molecule has 136 valence electrons. The summed E-state index contributed by atoms with van der Waals surface area (Å²) in [5, 5.41) is 2.60. The molecule has 0 saturated carbocycles. The molecule has 0 aliphatic heterocycles. The van der Waals surface area contributed by atoms with Crippen molar-refractivity contribution in [2.75, 3.05) is 7.11 Å². The second-order valence-corrected chi connectivity index (χ2v) is 5.61. The minimum absolute atomic E-state index is 0.224. The minimum atomic E-state index is -0.896. The minimum Gasteiger partial charge on any atom is -0.497 e. The molecule has 3 N–H and O–H groups in total. The number of primary amides is 1. The first-order valence-electron chi connectivity index (χ1n) is 7.90. The molecule has 0 radical (unpaired) electrons. The highest BCUT2D eigenvalue weighted by atomic mass is 16.5. The van der Waals surface area contributed by atoms with Crippen LogP contribution in [-0.2, 0) is 16.0 Å². The topological polar surface area (TPSA) is 108 Å². The summed E-state index contributed by atoms with van der Waals surface area (Å²) in [7, 11) is 1.54. The summed E-state index contributed by atoms with van der Waals surface area (Å²) in [5.41, 5.74) is 6.47.